The van der Waals surface area contributed by atoms with Gasteiger partial charge in [0.15, 0.2) is 0 Å². The number of esters is 1. The largest absolute Gasteiger partial charge is 0.466 e. The van der Waals surface area contributed by atoms with Gasteiger partial charge < -0.3 is 4.74 Å². The maximum Gasteiger partial charge on any atom is 0.311 e. The summed E-state index contributed by atoms with van der Waals surface area (Å²) in [7, 11) is 0. The Morgan fingerprint density at radius 1 is 1.67 bits per heavy atom. The highest BCUT2D eigenvalue weighted by atomic mass is 32.1. The highest BCUT2D eigenvalue weighted by molar-refractivity contribution is 7.80. The SMILES string of the molecule is CCOC(=O)Cc1nc(C#N)ccc1S. The van der Waals surface area contributed by atoms with Gasteiger partial charge in [-0.3, -0.25) is 4.79 Å². The molecule has 0 aliphatic heterocycles. The van der Waals surface area contributed by atoms with Crippen LogP contribution in [0.15, 0.2) is 17.0 Å². The van der Waals surface area contributed by atoms with Crippen LogP contribution in [0.2, 0.25) is 0 Å². The molecule has 0 atom stereocenters. The number of hydrogen-bond acceptors (Lipinski definition) is 5. The zero-order valence-corrected chi connectivity index (χ0v) is 9.12. The maximum atomic E-state index is 11.2. The van der Waals surface area contributed by atoms with E-state index in [2.05, 4.69) is 17.6 Å². The third-order valence-corrected chi connectivity index (χ3v) is 2.09. The molecule has 0 saturated carbocycles. The molecular formula is C10H10N2O2S. The highest BCUT2D eigenvalue weighted by Gasteiger charge is 2.09. The van der Waals surface area contributed by atoms with Crippen molar-refractivity contribution in [2.45, 2.75) is 18.2 Å². The number of hydrogen-bond donors (Lipinski definition) is 1. The highest BCUT2D eigenvalue weighted by Crippen LogP contribution is 2.13. The lowest BCUT2D eigenvalue weighted by atomic mass is 10.2. The normalized spacial score (nSPS) is 9.40. The van der Waals surface area contributed by atoms with Gasteiger partial charge in [-0.1, -0.05) is 0 Å². The van der Waals surface area contributed by atoms with Crippen LogP contribution < -0.4 is 0 Å². The molecule has 0 N–H and O–H groups in total. The summed E-state index contributed by atoms with van der Waals surface area (Å²) in [5.41, 5.74) is 0.739. The van der Waals surface area contributed by atoms with Crippen LogP contribution in [-0.2, 0) is 16.0 Å². The molecule has 1 aromatic rings. The molecule has 0 aromatic carbocycles. The fourth-order valence-corrected chi connectivity index (χ4v) is 1.24. The fraction of sp³-hybridized carbons (Fsp3) is 0.300. The van der Waals surface area contributed by atoms with E-state index in [9.17, 15) is 4.79 Å². The summed E-state index contributed by atoms with van der Waals surface area (Å²) in [5, 5.41) is 8.64. The molecule has 0 radical (unpaired) electrons. The van der Waals surface area contributed by atoms with Gasteiger partial charge in [0, 0.05) is 4.90 Å². The fourth-order valence-electron chi connectivity index (χ4n) is 1.04. The minimum atomic E-state index is -0.365. The molecule has 0 spiro atoms. The number of carbonyl (C=O) groups is 1. The van der Waals surface area contributed by atoms with Gasteiger partial charge in [-0.25, -0.2) is 4.98 Å². The van der Waals surface area contributed by atoms with E-state index in [0.717, 1.165) is 0 Å². The van der Waals surface area contributed by atoms with E-state index in [1.54, 1.807) is 19.1 Å². The number of rotatable bonds is 3. The second kappa shape index (κ2) is 5.37. The number of thiol groups is 1. The third-order valence-electron chi connectivity index (χ3n) is 1.68. The monoisotopic (exact) mass is 222 g/mol. The molecule has 78 valence electrons. The molecule has 5 heteroatoms. The average molecular weight is 222 g/mol. The van der Waals surface area contributed by atoms with E-state index < -0.39 is 0 Å². The van der Waals surface area contributed by atoms with Gasteiger partial charge >= 0.3 is 5.97 Å². The van der Waals surface area contributed by atoms with E-state index in [-0.39, 0.29) is 18.1 Å². The average Bonchev–Trinajstić information content (AvgIpc) is 2.21. The zero-order valence-electron chi connectivity index (χ0n) is 8.23. The molecule has 0 unspecified atom stereocenters. The first-order valence-corrected chi connectivity index (χ1v) is 4.86. The molecule has 1 rings (SSSR count). The van der Waals surface area contributed by atoms with Crippen molar-refractivity contribution in [2.24, 2.45) is 0 Å². The molecule has 0 aliphatic carbocycles. The lowest BCUT2D eigenvalue weighted by Crippen LogP contribution is -2.09. The Morgan fingerprint density at radius 3 is 3.00 bits per heavy atom. The topological polar surface area (TPSA) is 63.0 Å². The molecule has 0 fully saturated rings. The van der Waals surface area contributed by atoms with E-state index in [4.69, 9.17) is 10.00 Å². The molecule has 1 aromatic heterocycles. The molecule has 0 saturated heterocycles. The molecular weight excluding hydrogens is 212 g/mol. The van der Waals surface area contributed by atoms with Gasteiger partial charge in [0.2, 0.25) is 0 Å². The van der Waals surface area contributed by atoms with Crippen molar-refractivity contribution >= 4 is 18.6 Å². The first-order chi connectivity index (χ1) is 7.17. The van der Waals surface area contributed by atoms with Crippen molar-refractivity contribution in [3.63, 3.8) is 0 Å². The molecule has 4 nitrogen and oxygen atoms in total. The zero-order chi connectivity index (χ0) is 11.3. The Labute approximate surface area is 93.3 Å². The van der Waals surface area contributed by atoms with Gasteiger partial charge in [0.1, 0.15) is 11.8 Å². The molecule has 0 aliphatic rings. The summed E-state index contributed by atoms with van der Waals surface area (Å²) in [6.07, 6.45) is 0.0438. The van der Waals surface area contributed by atoms with E-state index in [1.807, 2.05) is 6.07 Å². The summed E-state index contributed by atoms with van der Waals surface area (Å²) in [4.78, 5) is 15.7. The predicted octanol–water partition coefficient (Wildman–Crippen LogP) is 1.35. The molecule has 15 heavy (non-hydrogen) atoms. The minimum Gasteiger partial charge on any atom is -0.466 e. The van der Waals surface area contributed by atoms with E-state index >= 15 is 0 Å². The Morgan fingerprint density at radius 2 is 2.40 bits per heavy atom. The Kier molecular flexibility index (Phi) is 4.13. The van der Waals surface area contributed by atoms with Crippen LogP contribution in [0.5, 0.6) is 0 Å². The Bertz CT molecular complexity index is 412. The van der Waals surface area contributed by atoms with Crippen molar-refractivity contribution in [3.05, 3.63) is 23.5 Å². The van der Waals surface area contributed by atoms with Crippen molar-refractivity contribution in [1.82, 2.24) is 4.98 Å². The summed E-state index contributed by atoms with van der Waals surface area (Å²) >= 11 is 4.15. The standard InChI is InChI=1S/C10H10N2O2S/c1-2-14-10(13)5-8-9(15)4-3-7(6-11)12-8/h3-4,15H,2,5H2,1H3. The number of pyridine rings is 1. The van der Waals surface area contributed by atoms with Gasteiger partial charge in [-0.05, 0) is 19.1 Å². The smallest absolute Gasteiger partial charge is 0.311 e. The number of nitrogens with zero attached hydrogens (tertiary/aromatic N) is 2. The number of carbonyl (C=O) groups excluding carboxylic acids is 1. The van der Waals surface area contributed by atoms with Crippen molar-refractivity contribution in [2.75, 3.05) is 6.61 Å². The van der Waals surface area contributed by atoms with Crippen LogP contribution >= 0.6 is 12.6 Å². The summed E-state index contributed by atoms with van der Waals surface area (Å²) in [5.74, 6) is -0.365. The lowest BCUT2D eigenvalue weighted by molar-refractivity contribution is -0.142. The first kappa shape index (κ1) is 11.5. The third kappa shape index (κ3) is 3.26. The van der Waals surface area contributed by atoms with Crippen LogP contribution in [0.3, 0.4) is 0 Å². The van der Waals surface area contributed by atoms with Crippen LogP contribution in [0.4, 0.5) is 0 Å². The Hall–Kier alpha value is -1.54. The van der Waals surface area contributed by atoms with Crippen molar-refractivity contribution in [3.8, 4) is 6.07 Å². The van der Waals surface area contributed by atoms with E-state index in [1.165, 1.54) is 0 Å². The van der Waals surface area contributed by atoms with Crippen LogP contribution in [0.1, 0.15) is 18.3 Å². The van der Waals surface area contributed by atoms with Crippen molar-refractivity contribution in [1.29, 1.82) is 5.26 Å². The van der Waals surface area contributed by atoms with Gasteiger partial charge in [-0.15, -0.1) is 12.6 Å². The summed E-state index contributed by atoms with van der Waals surface area (Å²) in [6.45, 7) is 2.07. The van der Waals surface area contributed by atoms with Gasteiger partial charge in [0.05, 0.1) is 18.7 Å². The molecule has 1 heterocycles. The van der Waals surface area contributed by atoms with E-state index in [0.29, 0.717) is 17.2 Å². The number of nitriles is 1. The second-order valence-electron chi connectivity index (χ2n) is 2.76. The molecule has 0 bridgehead atoms. The summed E-state index contributed by atoms with van der Waals surface area (Å²) in [6, 6.07) is 5.10. The molecule has 0 amide bonds. The minimum absolute atomic E-state index is 0.0438. The maximum absolute atomic E-state index is 11.2. The first-order valence-electron chi connectivity index (χ1n) is 4.42. The van der Waals surface area contributed by atoms with Crippen LogP contribution in [0.25, 0.3) is 0 Å². The van der Waals surface area contributed by atoms with Gasteiger partial charge in [0.25, 0.3) is 0 Å². The van der Waals surface area contributed by atoms with Crippen molar-refractivity contribution < 1.29 is 9.53 Å². The quantitative estimate of drug-likeness (QED) is 0.619. The van der Waals surface area contributed by atoms with Crippen LogP contribution in [-0.4, -0.2) is 17.6 Å². The number of ether oxygens (including phenoxy) is 1. The van der Waals surface area contributed by atoms with Gasteiger partial charge in [-0.2, -0.15) is 5.26 Å². The second-order valence-corrected chi connectivity index (χ2v) is 3.24. The summed E-state index contributed by atoms with van der Waals surface area (Å²) < 4.78 is 4.78. The Balaban J connectivity index is 2.85. The van der Waals surface area contributed by atoms with Crippen LogP contribution in [0, 0.1) is 11.3 Å². The predicted molar refractivity (Wildman–Crippen MR) is 56.5 cm³/mol. The number of aromatic nitrogens is 1. The lowest BCUT2D eigenvalue weighted by Gasteiger charge is -2.04.